The van der Waals surface area contributed by atoms with Gasteiger partial charge in [-0.2, -0.15) is 0 Å². The number of pyridine rings is 1. The van der Waals surface area contributed by atoms with Crippen LogP contribution in [0.5, 0.6) is 0 Å². The third-order valence-corrected chi connectivity index (χ3v) is 4.18. The Morgan fingerprint density at radius 3 is 2.83 bits per heavy atom. The Hall–Kier alpha value is -2.45. The number of benzene rings is 1. The van der Waals surface area contributed by atoms with Crippen LogP contribution < -0.4 is 10.2 Å². The van der Waals surface area contributed by atoms with E-state index in [1.807, 2.05) is 0 Å². The summed E-state index contributed by atoms with van der Waals surface area (Å²) in [5.41, 5.74) is 0.891. The zero-order chi connectivity index (χ0) is 16.6. The van der Waals surface area contributed by atoms with Gasteiger partial charge in [-0.25, -0.2) is 19.2 Å². The van der Waals surface area contributed by atoms with Crippen LogP contribution in [-0.4, -0.2) is 28.2 Å². The van der Waals surface area contributed by atoms with Crippen molar-refractivity contribution in [1.82, 2.24) is 9.97 Å². The van der Waals surface area contributed by atoms with Gasteiger partial charge in [-0.15, -0.1) is 0 Å². The van der Waals surface area contributed by atoms with Gasteiger partial charge >= 0.3 is 6.09 Å². The summed E-state index contributed by atoms with van der Waals surface area (Å²) < 4.78 is 14.0. The molecule has 3 aromatic rings. The summed E-state index contributed by atoms with van der Waals surface area (Å²) in [6, 6.07) is 7.77. The van der Waals surface area contributed by atoms with Gasteiger partial charge in [0.05, 0.1) is 5.69 Å². The number of nitrogens with zero attached hydrogens (tertiary/aromatic N) is 3. The van der Waals surface area contributed by atoms with Crippen LogP contribution in [0, 0.1) is 5.82 Å². The fourth-order valence-corrected chi connectivity index (χ4v) is 3.00. The first-order chi connectivity index (χ1) is 10.9. The number of anilines is 3. The van der Waals surface area contributed by atoms with E-state index in [9.17, 15) is 9.18 Å². The number of hydrogen-bond donors (Lipinski definition) is 2. The Morgan fingerprint density at radius 1 is 1.35 bits per heavy atom. The minimum atomic E-state index is -1.19. The fraction of sp³-hybridized carbons (Fsp3) is 0.0714. The van der Waals surface area contributed by atoms with Crippen molar-refractivity contribution < 1.29 is 14.3 Å². The van der Waals surface area contributed by atoms with Crippen LogP contribution in [0.1, 0.15) is 0 Å². The lowest BCUT2D eigenvalue weighted by Crippen LogP contribution is -2.12. The Kier molecular flexibility index (Phi) is 4.01. The molecule has 9 heteroatoms. The van der Waals surface area contributed by atoms with Crippen molar-refractivity contribution in [3.63, 3.8) is 0 Å². The zero-order valence-electron chi connectivity index (χ0n) is 11.7. The average Bonchev–Trinajstić information content (AvgIpc) is 2.86. The Morgan fingerprint density at radius 2 is 2.13 bits per heavy atom. The van der Waals surface area contributed by atoms with Crippen LogP contribution in [0.4, 0.5) is 25.8 Å². The molecule has 0 aliphatic carbocycles. The van der Waals surface area contributed by atoms with Crippen LogP contribution in [-0.2, 0) is 0 Å². The van der Waals surface area contributed by atoms with Crippen molar-refractivity contribution in [2.75, 3.05) is 17.3 Å². The van der Waals surface area contributed by atoms with E-state index >= 15 is 0 Å². The molecule has 0 aliphatic heterocycles. The van der Waals surface area contributed by atoms with E-state index in [-0.39, 0.29) is 5.13 Å². The van der Waals surface area contributed by atoms with E-state index in [1.165, 1.54) is 6.07 Å². The van der Waals surface area contributed by atoms with Crippen molar-refractivity contribution in [3.8, 4) is 0 Å². The number of rotatable bonds is 3. The first-order valence-electron chi connectivity index (χ1n) is 6.40. The molecule has 118 valence electrons. The number of carbonyl (C=O) groups is 1. The van der Waals surface area contributed by atoms with Crippen molar-refractivity contribution >= 4 is 56.0 Å². The second kappa shape index (κ2) is 5.98. The standard InChI is InChI=1S/C14H10ClFN4O2S/c1-20(10-4-2-7(15)6-8(10)16)11-5-3-9-12(18-11)23-13(17-9)19-14(21)22/h2-6H,1H3,(H,17,19)(H,21,22). The van der Waals surface area contributed by atoms with Gasteiger partial charge in [0.25, 0.3) is 0 Å². The lowest BCUT2D eigenvalue weighted by atomic mass is 10.2. The molecule has 0 saturated carbocycles. The predicted octanol–water partition coefficient (Wildman–Crippen LogP) is 4.34. The molecule has 0 radical (unpaired) electrons. The summed E-state index contributed by atoms with van der Waals surface area (Å²) in [5, 5.41) is 11.4. The molecule has 0 bridgehead atoms. The van der Waals surface area contributed by atoms with E-state index in [0.29, 0.717) is 26.9 Å². The summed E-state index contributed by atoms with van der Waals surface area (Å²) in [6.45, 7) is 0. The molecule has 23 heavy (non-hydrogen) atoms. The van der Waals surface area contributed by atoms with Crippen LogP contribution in [0.3, 0.4) is 0 Å². The molecular weight excluding hydrogens is 343 g/mol. The second-order valence-electron chi connectivity index (χ2n) is 4.60. The van der Waals surface area contributed by atoms with Gasteiger partial charge in [0.1, 0.15) is 22.0 Å². The lowest BCUT2D eigenvalue weighted by molar-refractivity contribution is 0.209. The molecule has 0 atom stereocenters. The molecule has 6 nitrogen and oxygen atoms in total. The molecule has 1 aromatic carbocycles. The summed E-state index contributed by atoms with van der Waals surface area (Å²) >= 11 is 6.86. The number of nitrogens with one attached hydrogen (secondary N) is 1. The van der Waals surface area contributed by atoms with E-state index in [2.05, 4.69) is 15.3 Å². The average molecular weight is 353 g/mol. The minimum absolute atomic E-state index is 0.234. The minimum Gasteiger partial charge on any atom is -0.465 e. The van der Waals surface area contributed by atoms with E-state index < -0.39 is 11.9 Å². The largest absolute Gasteiger partial charge is 0.465 e. The number of carboxylic acid groups (broad SMARTS) is 1. The molecule has 0 fully saturated rings. The highest BCUT2D eigenvalue weighted by Gasteiger charge is 2.14. The van der Waals surface area contributed by atoms with E-state index in [4.69, 9.17) is 16.7 Å². The van der Waals surface area contributed by atoms with E-state index in [1.54, 1.807) is 36.2 Å². The van der Waals surface area contributed by atoms with Gasteiger partial charge in [0.2, 0.25) is 0 Å². The van der Waals surface area contributed by atoms with Gasteiger partial charge in [-0.1, -0.05) is 22.9 Å². The molecule has 2 N–H and O–H groups in total. The summed E-state index contributed by atoms with van der Waals surface area (Å²) in [5.74, 6) is 0.0451. The first-order valence-corrected chi connectivity index (χ1v) is 7.60. The second-order valence-corrected chi connectivity index (χ2v) is 6.01. The topological polar surface area (TPSA) is 78.4 Å². The molecule has 0 aliphatic rings. The molecule has 3 rings (SSSR count). The quantitative estimate of drug-likeness (QED) is 0.733. The molecule has 0 unspecified atom stereocenters. The van der Waals surface area contributed by atoms with Gasteiger partial charge in [0, 0.05) is 12.1 Å². The van der Waals surface area contributed by atoms with Crippen LogP contribution >= 0.6 is 22.9 Å². The van der Waals surface area contributed by atoms with Crippen molar-refractivity contribution in [1.29, 1.82) is 0 Å². The van der Waals surface area contributed by atoms with Crippen molar-refractivity contribution in [2.24, 2.45) is 0 Å². The van der Waals surface area contributed by atoms with E-state index in [0.717, 1.165) is 11.3 Å². The zero-order valence-corrected chi connectivity index (χ0v) is 13.3. The molecule has 0 spiro atoms. The van der Waals surface area contributed by atoms with Gasteiger partial charge in [-0.3, -0.25) is 5.32 Å². The number of thiazole rings is 1. The molecule has 2 heterocycles. The number of amides is 1. The fourth-order valence-electron chi connectivity index (χ4n) is 2.02. The highest BCUT2D eigenvalue weighted by atomic mass is 35.5. The van der Waals surface area contributed by atoms with Gasteiger partial charge in [0.15, 0.2) is 5.13 Å². The summed E-state index contributed by atoms with van der Waals surface area (Å²) in [7, 11) is 1.68. The van der Waals surface area contributed by atoms with Crippen molar-refractivity contribution in [2.45, 2.75) is 0 Å². The van der Waals surface area contributed by atoms with Crippen LogP contribution in [0.15, 0.2) is 30.3 Å². The monoisotopic (exact) mass is 352 g/mol. The third-order valence-electron chi connectivity index (χ3n) is 3.07. The smallest absolute Gasteiger partial charge is 0.410 e. The highest BCUT2D eigenvalue weighted by Crippen LogP contribution is 2.30. The molecule has 2 aromatic heterocycles. The normalized spacial score (nSPS) is 10.7. The first kappa shape index (κ1) is 15.4. The highest BCUT2D eigenvalue weighted by molar-refractivity contribution is 7.21. The number of hydrogen-bond acceptors (Lipinski definition) is 5. The third kappa shape index (κ3) is 3.17. The maximum Gasteiger partial charge on any atom is 0.410 e. The Labute approximate surface area is 139 Å². The maximum atomic E-state index is 14.0. The predicted molar refractivity (Wildman–Crippen MR) is 88.5 cm³/mol. The maximum absolute atomic E-state index is 14.0. The van der Waals surface area contributed by atoms with Gasteiger partial charge in [-0.05, 0) is 30.3 Å². The summed E-state index contributed by atoms with van der Waals surface area (Å²) in [6.07, 6.45) is -1.19. The number of halogens is 2. The van der Waals surface area contributed by atoms with Gasteiger partial charge < -0.3 is 10.0 Å². The number of aromatic nitrogens is 2. The lowest BCUT2D eigenvalue weighted by Gasteiger charge is -2.18. The summed E-state index contributed by atoms with van der Waals surface area (Å²) in [4.78, 5) is 21.3. The van der Waals surface area contributed by atoms with Crippen molar-refractivity contribution in [3.05, 3.63) is 41.2 Å². The number of fused-ring (bicyclic) bond motifs is 1. The van der Waals surface area contributed by atoms with Crippen LogP contribution in [0.2, 0.25) is 5.02 Å². The van der Waals surface area contributed by atoms with Crippen LogP contribution in [0.25, 0.3) is 10.3 Å². The molecular formula is C14H10ClFN4O2S. The molecule has 0 saturated heterocycles. The Bertz CT molecular complexity index is 902. The SMILES string of the molecule is CN(c1ccc2nc(NC(=O)O)sc2n1)c1ccc(Cl)cc1F. The molecule has 1 amide bonds. The Balaban J connectivity index is 1.97.